The number of carboxylic acids is 1. The van der Waals surface area contributed by atoms with Gasteiger partial charge in [0.2, 0.25) is 0 Å². The number of hydrogen-bond acceptors (Lipinski definition) is 4. The Bertz CT molecular complexity index is 1520. The van der Waals surface area contributed by atoms with Crippen LogP contribution in [-0.2, 0) is 13.6 Å². The normalized spacial score (nSPS) is 16.8. The summed E-state index contributed by atoms with van der Waals surface area (Å²) in [4.78, 5) is 28.2. The lowest BCUT2D eigenvalue weighted by Crippen LogP contribution is -2.23. The predicted molar refractivity (Wildman–Crippen MR) is 148 cm³/mol. The van der Waals surface area contributed by atoms with Crippen LogP contribution in [-0.4, -0.2) is 31.7 Å². The number of fused-ring (bicyclic) bond motifs is 1. The van der Waals surface area contributed by atoms with E-state index in [2.05, 4.69) is 59.6 Å². The maximum atomic E-state index is 12.9. The SMILES string of the molecule is CC1CC(c2cccnc2)=Cc2cc(-c3cc(C(=O)NCc4ccc(C(=O)O)cc4)nn3C)ccc2C1C. The molecule has 0 aliphatic heterocycles. The Morgan fingerprint density at radius 3 is 2.55 bits per heavy atom. The minimum Gasteiger partial charge on any atom is -0.478 e. The average molecular weight is 507 g/mol. The standard InChI is InChI=1S/C31H30N4O3/c1-19-13-25(24-5-4-12-32-18-24)15-26-14-23(10-11-27(26)20(19)2)29-16-28(34-35(29)3)30(36)33-17-21-6-8-22(9-7-21)31(37)38/h4-12,14-16,18-20H,13,17H2,1-3H3,(H,33,36)(H,37,38). The first-order chi connectivity index (χ1) is 18.3. The first-order valence-corrected chi connectivity index (χ1v) is 12.7. The summed E-state index contributed by atoms with van der Waals surface area (Å²) in [5.74, 6) is -0.375. The Morgan fingerprint density at radius 2 is 1.84 bits per heavy atom. The Balaban J connectivity index is 1.40. The van der Waals surface area contributed by atoms with E-state index in [4.69, 9.17) is 5.11 Å². The molecule has 0 saturated heterocycles. The van der Waals surface area contributed by atoms with E-state index < -0.39 is 5.97 Å². The minimum atomic E-state index is -0.979. The second kappa shape index (κ2) is 10.5. The fraction of sp³-hybridized carbons (Fsp3) is 0.226. The van der Waals surface area contributed by atoms with Gasteiger partial charge < -0.3 is 10.4 Å². The lowest BCUT2D eigenvalue weighted by molar-refractivity contribution is 0.0696. The molecule has 1 aliphatic carbocycles. The summed E-state index contributed by atoms with van der Waals surface area (Å²) in [6.07, 6.45) is 6.97. The molecule has 1 aliphatic rings. The van der Waals surface area contributed by atoms with Gasteiger partial charge in [0.25, 0.3) is 5.91 Å². The molecule has 5 rings (SSSR count). The third-order valence-corrected chi connectivity index (χ3v) is 7.40. The van der Waals surface area contributed by atoms with Crippen LogP contribution in [0.15, 0.2) is 73.1 Å². The minimum absolute atomic E-state index is 0.210. The Hall–Kier alpha value is -4.52. The number of allylic oxidation sites excluding steroid dienone is 1. The van der Waals surface area contributed by atoms with Gasteiger partial charge in [0.05, 0.1) is 11.3 Å². The first kappa shape index (κ1) is 25.1. The Labute approximate surface area is 221 Å². The topological polar surface area (TPSA) is 97.1 Å². The molecule has 7 heteroatoms. The van der Waals surface area contributed by atoms with Crippen molar-refractivity contribution >= 4 is 23.5 Å². The molecule has 4 aromatic rings. The van der Waals surface area contributed by atoms with E-state index in [1.54, 1.807) is 29.1 Å². The van der Waals surface area contributed by atoms with Gasteiger partial charge in [-0.2, -0.15) is 5.10 Å². The molecular formula is C31H30N4O3. The summed E-state index contributed by atoms with van der Waals surface area (Å²) in [6.45, 7) is 4.86. The number of carbonyl (C=O) groups excluding carboxylic acids is 1. The number of aromatic nitrogens is 3. The van der Waals surface area contributed by atoms with Crippen LogP contribution in [0.25, 0.3) is 22.9 Å². The van der Waals surface area contributed by atoms with Gasteiger partial charge in [-0.1, -0.05) is 50.3 Å². The van der Waals surface area contributed by atoms with Crippen molar-refractivity contribution < 1.29 is 14.7 Å². The third kappa shape index (κ3) is 5.13. The number of hydrogen-bond donors (Lipinski definition) is 2. The number of rotatable bonds is 6. The van der Waals surface area contributed by atoms with Crippen molar-refractivity contribution in [2.75, 3.05) is 0 Å². The number of nitrogens with zero attached hydrogens (tertiary/aromatic N) is 3. The van der Waals surface area contributed by atoms with Crippen LogP contribution in [0.2, 0.25) is 0 Å². The fourth-order valence-corrected chi connectivity index (χ4v) is 4.99. The van der Waals surface area contributed by atoms with Gasteiger partial charge in [-0.15, -0.1) is 0 Å². The fourth-order valence-electron chi connectivity index (χ4n) is 4.99. The summed E-state index contributed by atoms with van der Waals surface area (Å²) in [6, 6.07) is 18.8. The molecule has 0 fully saturated rings. The van der Waals surface area contributed by atoms with Gasteiger partial charge in [-0.3, -0.25) is 14.5 Å². The smallest absolute Gasteiger partial charge is 0.335 e. The molecule has 0 spiro atoms. The number of carboxylic acid groups (broad SMARTS) is 1. The van der Waals surface area contributed by atoms with Gasteiger partial charge >= 0.3 is 5.97 Å². The zero-order valence-electron chi connectivity index (χ0n) is 21.7. The molecule has 7 nitrogen and oxygen atoms in total. The highest BCUT2D eigenvalue weighted by atomic mass is 16.4. The second-order valence-corrected chi connectivity index (χ2v) is 9.95. The Kier molecular flexibility index (Phi) is 6.92. The van der Waals surface area contributed by atoms with E-state index >= 15 is 0 Å². The molecule has 192 valence electrons. The predicted octanol–water partition coefficient (Wildman–Crippen LogP) is 5.79. The molecule has 1 amide bonds. The molecule has 0 radical (unpaired) electrons. The summed E-state index contributed by atoms with van der Waals surface area (Å²) < 4.78 is 1.73. The number of aromatic carboxylic acids is 1. The van der Waals surface area contributed by atoms with Gasteiger partial charge in [0.1, 0.15) is 0 Å². The summed E-state index contributed by atoms with van der Waals surface area (Å²) >= 11 is 0. The maximum absolute atomic E-state index is 12.9. The zero-order valence-corrected chi connectivity index (χ0v) is 21.7. The van der Waals surface area contributed by atoms with E-state index in [9.17, 15) is 9.59 Å². The van der Waals surface area contributed by atoms with Crippen molar-refractivity contribution in [2.24, 2.45) is 13.0 Å². The third-order valence-electron chi connectivity index (χ3n) is 7.40. The van der Waals surface area contributed by atoms with E-state index in [0.717, 1.165) is 28.8 Å². The first-order valence-electron chi connectivity index (χ1n) is 12.7. The lowest BCUT2D eigenvalue weighted by Gasteiger charge is -2.20. The van der Waals surface area contributed by atoms with Crippen LogP contribution in [0.5, 0.6) is 0 Å². The average Bonchev–Trinajstić information content (AvgIpc) is 3.27. The van der Waals surface area contributed by atoms with Crippen LogP contribution in [0, 0.1) is 5.92 Å². The highest BCUT2D eigenvalue weighted by Gasteiger charge is 2.24. The van der Waals surface area contributed by atoms with E-state index in [-0.39, 0.29) is 18.0 Å². The molecule has 38 heavy (non-hydrogen) atoms. The monoisotopic (exact) mass is 506 g/mol. The summed E-state index contributed by atoms with van der Waals surface area (Å²) in [5, 5.41) is 16.4. The summed E-state index contributed by atoms with van der Waals surface area (Å²) in [5.41, 5.74) is 8.09. The van der Waals surface area contributed by atoms with Gasteiger partial charge in [0.15, 0.2) is 5.69 Å². The molecule has 2 atom stereocenters. The van der Waals surface area contributed by atoms with Crippen molar-refractivity contribution in [2.45, 2.75) is 32.7 Å². The molecule has 2 aromatic carbocycles. The van der Waals surface area contributed by atoms with E-state index in [0.29, 0.717) is 17.5 Å². The quantitative estimate of drug-likeness (QED) is 0.345. The summed E-state index contributed by atoms with van der Waals surface area (Å²) in [7, 11) is 1.84. The zero-order chi connectivity index (χ0) is 26.8. The highest BCUT2D eigenvalue weighted by Crippen LogP contribution is 2.40. The molecule has 0 bridgehead atoms. The van der Waals surface area contributed by atoms with Crippen LogP contribution in [0.3, 0.4) is 0 Å². The number of pyridine rings is 1. The van der Waals surface area contributed by atoms with Crippen LogP contribution in [0.1, 0.15) is 69.3 Å². The van der Waals surface area contributed by atoms with Crippen molar-refractivity contribution in [1.29, 1.82) is 0 Å². The molecular weight excluding hydrogens is 476 g/mol. The number of nitrogens with one attached hydrogen (secondary N) is 1. The second-order valence-electron chi connectivity index (χ2n) is 9.95. The highest BCUT2D eigenvalue weighted by molar-refractivity contribution is 5.93. The number of aryl methyl sites for hydroxylation is 1. The number of amides is 1. The number of benzene rings is 2. The van der Waals surface area contributed by atoms with E-state index in [1.165, 1.54) is 28.8 Å². The Morgan fingerprint density at radius 1 is 1.05 bits per heavy atom. The van der Waals surface area contributed by atoms with Crippen molar-refractivity contribution in [3.05, 3.63) is 107 Å². The van der Waals surface area contributed by atoms with Gasteiger partial charge in [-0.05, 0) is 76.4 Å². The van der Waals surface area contributed by atoms with Gasteiger partial charge in [0, 0.05) is 31.5 Å². The lowest BCUT2D eigenvalue weighted by atomic mass is 9.85. The largest absolute Gasteiger partial charge is 0.478 e. The molecule has 2 N–H and O–H groups in total. The van der Waals surface area contributed by atoms with E-state index in [1.807, 2.05) is 19.3 Å². The van der Waals surface area contributed by atoms with Crippen LogP contribution >= 0.6 is 0 Å². The van der Waals surface area contributed by atoms with Crippen molar-refractivity contribution in [1.82, 2.24) is 20.1 Å². The van der Waals surface area contributed by atoms with Gasteiger partial charge in [-0.25, -0.2) is 4.79 Å². The number of carbonyl (C=O) groups is 2. The molecule has 2 heterocycles. The van der Waals surface area contributed by atoms with Crippen molar-refractivity contribution in [3.8, 4) is 11.3 Å². The van der Waals surface area contributed by atoms with Crippen LogP contribution < -0.4 is 5.32 Å². The molecule has 2 unspecified atom stereocenters. The maximum Gasteiger partial charge on any atom is 0.335 e. The molecule has 2 aromatic heterocycles. The van der Waals surface area contributed by atoms with Crippen molar-refractivity contribution in [3.63, 3.8) is 0 Å². The van der Waals surface area contributed by atoms with Crippen LogP contribution in [0.4, 0.5) is 0 Å². The molecule has 0 saturated carbocycles.